The number of aliphatic hydroxyl groups is 1. The molecule has 0 saturated carbocycles. The highest BCUT2D eigenvalue weighted by molar-refractivity contribution is 5.92. The minimum atomic E-state index is -1.75. The van der Waals surface area contributed by atoms with Gasteiger partial charge in [0.15, 0.2) is 18.3 Å². The van der Waals surface area contributed by atoms with E-state index in [-0.39, 0.29) is 56.7 Å². The van der Waals surface area contributed by atoms with Crippen LogP contribution in [-0.2, 0) is 63.7 Å². The number of anilines is 1. The first-order valence-corrected chi connectivity index (χ1v) is 19.7. The second-order valence-electron chi connectivity index (χ2n) is 14.1. The predicted molar refractivity (Wildman–Crippen MR) is 215 cm³/mol. The van der Waals surface area contributed by atoms with Crippen LogP contribution in [0.5, 0.6) is 5.75 Å². The molecule has 5 atom stereocenters. The summed E-state index contributed by atoms with van der Waals surface area (Å²) in [5, 5.41) is 16.8. The highest BCUT2D eigenvalue weighted by Crippen LogP contribution is 2.44. The summed E-state index contributed by atoms with van der Waals surface area (Å²) in [6.07, 6.45) is -9.16. The quantitative estimate of drug-likeness (QED) is 0.0810. The van der Waals surface area contributed by atoms with Crippen LogP contribution >= 0.6 is 0 Å². The zero-order valence-corrected chi connectivity index (χ0v) is 34.5. The maximum absolute atomic E-state index is 13.4. The van der Waals surface area contributed by atoms with E-state index in [1.165, 1.54) is 18.2 Å². The van der Waals surface area contributed by atoms with E-state index < -0.39 is 72.7 Å². The molecule has 1 fully saturated rings. The molecule has 2 aliphatic rings. The number of rotatable bonds is 18. The van der Waals surface area contributed by atoms with Crippen molar-refractivity contribution in [2.45, 2.75) is 83.3 Å². The summed E-state index contributed by atoms with van der Waals surface area (Å²) in [5.41, 5.74) is 4.56. The molecule has 1 aliphatic carbocycles. The number of aliphatic hydroxyl groups excluding tert-OH is 1. The highest BCUT2D eigenvalue weighted by atomic mass is 16.7. The molecule has 332 valence electrons. The van der Waals surface area contributed by atoms with Gasteiger partial charge >= 0.3 is 36.1 Å². The van der Waals surface area contributed by atoms with Gasteiger partial charge in [-0.25, -0.2) is 14.4 Å². The van der Waals surface area contributed by atoms with Crippen LogP contribution in [0.3, 0.4) is 0 Å². The van der Waals surface area contributed by atoms with Crippen molar-refractivity contribution in [1.82, 2.24) is 10.6 Å². The van der Waals surface area contributed by atoms with Gasteiger partial charge in [-0.2, -0.15) is 0 Å². The number of esters is 4. The lowest BCUT2D eigenvalue weighted by atomic mass is 9.97. The van der Waals surface area contributed by atoms with E-state index in [0.717, 1.165) is 50.1 Å². The van der Waals surface area contributed by atoms with Gasteiger partial charge in [-0.3, -0.25) is 19.2 Å². The molecule has 1 heterocycles. The summed E-state index contributed by atoms with van der Waals surface area (Å²) in [5.74, 6) is -4.63. The fourth-order valence-corrected chi connectivity index (χ4v) is 6.93. The Labute approximate surface area is 356 Å². The van der Waals surface area contributed by atoms with Gasteiger partial charge in [0, 0.05) is 52.8 Å². The molecule has 3 aromatic carbocycles. The van der Waals surface area contributed by atoms with Gasteiger partial charge in [0.05, 0.1) is 12.8 Å². The lowest BCUT2D eigenvalue weighted by Crippen LogP contribution is -2.64. The van der Waals surface area contributed by atoms with Gasteiger partial charge in [-0.15, -0.1) is 0 Å². The minimum Gasteiger partial charge on any atom is -0.467 e. The van der Waals surface area contributed by atoms with Crippen LogP contribution in [0, 0.1) is 0 Å². The molecule has 5 rings (SSSR count). The van der Waals surface area contributed by atoms with Crippen molar-refractivity contribution in [3.63, 3.8) is 0 Å². The molecule has 62 heavy (non-hydrogen) atoms. The summed E-state index contributed by atoms with van der Waals surface area (Å²) < 4.78 is 43.9. The van der Waals surface area contributed by atoms with Crippen molar-refractivity contribution in [1.29, 1.82) is 0 Å². The average molecular weight is 864 g/mol. The fourth-order valence-electron chi connectivity index (χ4n) is 6.93. The molecule has 4 N–H and O–H groups in total. The Morgan fingerprint density at radius 2 is 1.31 bits per heavy atom. The maximum Gasteiger partial charge on any atom is 0.407 e. The van der Waals surface area contributed by atoms with Crippen LogP contribution in [0.4, 0.5) is 15.3 Å². The van der Waals surface area contributed by atoms with Gasteiger partial charge in [-0.05, 0) is 52.8 Å². The SMILES string of the molecule is COC(=O)[C@H]1O[C@@H](Oc2ccc(COC(=O)NCCCCO)cc2NC(=O)CCNC(=O)OCC2c3ccccc3-c3ccccc32)[C@H](OC(C)=O)[C@@H](OC(C)=O)[C@@H]1OC(C)=O. The Morgan fingerprint density at radius 3 is 1.94 bits per heavy atom. The first-order chi connectivity index (χ1) is 29.8. The molecular formula is C43H49N3O16. The molecule has 1 aliphatic heterocycles. The van der Waals surface area contributed by atoms with Crippen molar-refractivity contribution in [2.75, 3.05) is 38.7 Å². The number of alkyl carbamates (subject to hydrolysis) is 2. The number of ether oxygens (including phenoxy) is 8. The number of nitrogens with one attached hydrogen (secondary N) is 3. The van der Waals surface area contributed by atoms with Crippen LogP contribution in [0.1, 0.15) is 62.6 Å². The molecule has 1 saturated heterocycles. The second kappa shape index (κ2) is 22.2. The highest BCUT2D eigenvalue weighted by Gasteiger charge is 2.56. The van der Waals surface area contributed by atoms with Crippen LogP contribution in [0.25, 0.3) is 11.1 Å². The Morgan fingerprint density at radius 1 is 0.710 bits per heavy atom. The third-order valence-corrected chi connectivity index (χ3v) is 9.59. The lowest BCUT2D eigenvalue weighted by Gasteiger charge is -2.43. The molecule has 3 aromatic rings. The first kappa shape index (κ1) is 46.3. The average Bonchev–Trinajstić information content (AvgIpc) is 3.56. The summed E-state index contributed by atoms with van der Waals surface area (Å²) in [4.78, 5) is 88.2. The van der Waals surface area contributed by atoms with Crippen molar-refractivity contribution in [3.05, 3.63) is 83.4 Å². The summed E-state index contributed by atoms with van der Waals surface area (Å²) in [6, 6.07) is 20.0. The number of carbonyl (C=O) groups excluding carboxylic acids is 7. The van der Waals surface area contributed by atoms with E-state index in [1.807, 2.05) is 48.5 Å². The van der Waals surface area contributed by atoms with Crippen molar-refractivity contribution >= 4 is 47.7 Å². The Bertz CT molecular complexity index is 2060. The number of unbranched alkanes of at least 4 members (excludes halogenated alkanes) is 1. The molecule has 19 nitrogen and oxygen atoms in total. The monoisotopic (exact) mass is 863 g/mol. The van der Waals surface area contributed by atoms with Gasteiger partial charge < -0.3 is 59.0 Å². The molecule has 0 spiro atoms. The Hall–Kier alpha value is -6.73. The summed E-state index contributed by atoms with van der Waals surface area (Å²) in [7, 11) is 1.04. The van der Waals surface area contributed by atoms with Crippen LogP contribution in [0.2, 0.25) is 0 Å². The third kappa shape index (κ3) is 12.4. The van der Waals surface area contributed by atoms with Crippen molar-refractivity contribution < 1.29 is 76.6 Å². The smallest absolute Gasteiger partial charge is 0.407 e. The Kier molecular flexibility index (Phi) is 16.6. The third-order valence-electron chi connectivity index (χ3n) is 9.59. The molecule has 19 heteroatoms. The van der Waals surface area contributed by atoms with Gasteiger partial charge in [0.1, 0.15) is 19.0 Å². The zero-order chi connectivity index (χ0) is 44.8. The predicted octanol–water partition coefficient (Wildman–Crippen LogP) is 3.62. The molecule has 0 bridgehead atoms. The topological polar surface area (TPSA) is 250 Å². The van der Waals surface area contributed by atoms with Gasteiger partial charge in [0.2, 0.25) is 18.3 Å². The normalized spacial score (nSPS) is 18.8. The van der Waals surface area contributed by atoms with E-state index >= 15 is 0 Å². The van der Waals surface area contributed by atoms with Crippen LogP contribution in [-0.4, -0.2) is 111 Å². The lowest BCUT2D eigenvalue weighted by molar-refractivity contribution is -0.282. The fraction of sp³-hybridized carbons (Fsp3) is 0.419. The number of hydrogen-bond acceptors (Lipinski definition) is 16. The number of amides is 3. The summed E-state index contributed by atoms with van der Waals surface area (Å²) >= 11 is 0. The molecule has 0 radical (unpaired) electrons. The van der Waals surface area contributed by atoms with Crippen LogP contribution in [0.15, 0.2) is 66.7 Å². The molecular weight excluding hydrogens is 814 g/mol. The van der Waals surface area contributed by atoms with E-state index in [0.29, 0.717) is 18.4 Å². The number of carbonyl (C=O) groups is 7. The number of benzene rings is 3. The Balaban J connectivity index is 1.31. The van der Waals surface area contributed by atoms with Gasteiger partial charge in [0.25, 0.3) is 0 Å². The van der Waals surface area contributed by atoms with Crippen LogP contribution < -0.4 is 20.7 Å². The zero-order valence-electron chi connectivity index (χ0n) is 34.5. The second-order valence-corrected chi connectivity index (χ2v) is 14.1. The van der Waals surface area contributed by atoms with E-state index in [4.69, 9.17) is 43.0 Å². The number of fused-ring (bicyclic) bond motifs is 3. The minimum absolute atomic E-state index is 0.0217. The van der Waals surface area contributed by atoms with E-state index in [1.54, 1.807) is 0 Å². The maximum atomic E-state index is 13.4. The molecule has 0 aromatic heterocycles. The molecule has 0 unspecified atom stereocenters. The first-order valence-electron chi connectivity index (χ1n) is 19.7. The standard InChI is InChI=1S/C43H49N3O16/c1-24(48)58-36-37(59-25(2)49)39(60-26(3)50)41(62-38(36)40(52)55-4)61-34-16-15-27(22-56-42(53)44-18-9-10-20-47)21-33(34)46-35(51)17-19-45-43(54)57-23-32-30-13-7-5-11-28(30)29-12-6-8-14-31(29)32/h5-8,11-16,21,32,36-39,41,47H,9-10,17-20,22-23H2,1-4H3,(H,44,53)(H,45,54)(H,46,51)/t36-,37-,38-,39+,41+/m0/s1. The van der Waals surface area contributed by atoms with Crippen molar-refractivity contribution in [2.24, 2.45) is 0 Å². The van der Waals surface area contributed by atoms with Gasteiger partial charge in [-0.1, -0.05) is 54.6 Å². The summed E-state index contributed by atoms with van der Waals surface area (Å²) in [6.45, 7) is 3.03. The van der Waals surface area contributed by atoms with E-state index in [9.17, 15) is 33.6 Å². The number of hydrogen-bond donors (Lipinski definition) is 4. The molecule has 3 amide bonds. The largest absolute Gasteiger partial charge is 0.467 e. The van der Waals surface area contributed by atoms with E-state index in [2.05, 4.69) is 16.0 Å². The number of methoxy groups -OCH3 is 1. The van der Waals surface area contributed by atoms with Crippen molar-refractivity contribution in [3.8, 4) is 16.9 Å².